The summed E-state index contributed by atoms with van der Waals surface area (Å²) in [6, 6.07) is 2.28. The summed E-state index contributed by atoms with van der Waals surface area (Å²) in [4.78, 5) is 12.8. The first-order valence-corrected chi connectivity index (χ1v) is 7.12. The van der Waals surface area contributed by atoms with Crippen LogP contribution in [-0.4, -0.2) is 25.3 Å². The molecule has 2 aromatic rings. The number of nitrogens with zero attached hydrogens (tertiary/aromatic N) is 4. The van der Waals surface area contributed by atoms with Crippen molar-refractivity contribution in [3.63, 3.8) is 0 Å². The Morgan fingerprint density at radius 2 is 2.42 bits per heavy atom. The lowest BCUT2D eigenvalue weighted by Gasteiger charge is -2.24. The van der Waals surface area contributed by atoms with Gasteiger partial charge in [-0.25, -0.2) is 4.68 Å². The Balaban J connectivity index is 1.56. The normalized spacial score (nSPS) is 15.2. The number of aromatic nitrogens is 4. The van der Waals surface area contributed by atoms with Crippen molar-refractivity contribution in [2.45, 2.75) is 38.8 Å². The molecule has 0 aromatic carbocycles. The maximum Gasteiger partial charge on any atom is 0.271 e. The third-order valence-electron chi connectivity index (χ3n) is 3.30. The largest absolute Gasteiger partial charge is 0.345 e. The van der Waals surface area contributed by atoms with Crippen LogP contribution in [0.3, 0.4) is 0 Å². The van der Waals surface area contributed by atoms with Crippen molar-refractivity contribution in [1.29, 1.82) is 0 Å². The molecule has 0 unspecified atom stereocenters. The summed E-state index contributed by atoms with van der Waals surface area (Å²) in [5, 5.41) is 11.0. The van der Waals surface area contributed by atoms with Crippen LogP contribution in [0.15, 0.2) is 12.3 Å². The zero-order chi connectivity index (χ0) is 13.2. The van der Waals surface area contributed by atoms with Gasteiger partial charge in [0.05, 0.1) is 18.8 Å². The molecule has 7 heteroatoms. The summed E-state index contributed by atoms with van der Waals surface area (Å²) in [6.45, 7) is 2.32. The minimum atomic E-state index is -0.164. The fourth-order valence-electron chi connectivity index (χ4n) is 1.96. The van der Waals surface area contributed by atoms with E-state index in [0.717, 1.165) is 10.6 Å². The average Bonchev–Trinajstić information content (AvgIpc) is 2.93. The number of carbonyl (C=O) groups is 1. The van der Waals surface area contributed by atoms with Crippen LogP contribution < -0.4 is 5.32 Å². The fraction of sp³-hybridized carbons (Fsp3) is 0.500. The van der Waals surface area contributed by atoms with Crippen molar-refractivity contribution in [2.75, 3.05) is 0 Å². The summed E-state index contributed by atoms with van der Waals surface area (Å²) in [5.41, 5.74) is 1.25. The third kappa shape index (κ3) is 2.65. The molecule has 1 aliphatic carbocycles. The molecule has 0 spiro atoms. The van der Waals surface area contributed by atoms with E-state index in [4.69, 9.17) is 0 Å². The minimum Gasteiger partial charge on any atom is -0.345 e. The van der Waals surface area contributed by atoms with Gasteiger partial charge in [0, 0.05) is 4.88 Å². The molecule has 0 aliphatic heterocycles. The number of hydrogen-bond acceptors (Lipinski definition) is 5. The number of aryl methyl sites for hydroxylation is 1. The van der Waals surface area contributed by atoms with Crippen LogP contribution in [-0.2, 0) is 6.54 Å². The van der Waals surface area contributed by atoms with Crippen molar-refractivity contribution in [3.05, 3.63) is 28.5 Å². The zero-order valence-electron chi connectivity index (χ0n) is 10.7. The van der Waals surface area contributed by atoms with Crippen molar-refractivity contribution in [1.82, 2.24) is 24.7 Å². The highest BCUT2D eigenvalue weighted by atomic mass is 32.1. The molecule has 100 valence electrons. The van der Waals surface area contributed by atoms with E-state index in [1.165, 1.54) is 30.8 Å². The van der Waals surface area contributed by atoms with E-state index in [1.807, 2.05) is 17.8 Å². The predicted octanol–water partition coefficient (Wildman–Crippen LogP) is 1.70. The van der Waals surface area contributed by atoms with Gasteiger partial charge in [-0.15, -0.1) is 5.10 Å². The average molecular weight is 277 g/mol. The van der Waals surface area contributed by atoms with Gasteiger partial charge in [-0.1, -0.05) is 5.21 Å². The van der Waals surface area contributed by atoms with Gasteiger partial charge in [0.2, 0.25) is 0 Å². The monoisotopic (exact) mass is 277 g/mol. The van der Waals surface area contributed by atoms with Crippen LogP contribution in [0, 0.1) is 6.92 Å². The number of amides is 1. The van der Waals surface area contributed by atoms with Crippen LogP contribution in [0.5, 0.6) is 0 Å². The predicted molar refractivity (Wildman–Crippen MR) is 70.9 cm³/mol. The van der Waals surface area contributed by atoms with Gasteiger partial charge >= 0.3 is 0 Å². The van der Waals surface area contributed by atoms with E-state index in [-0.39, 0.29) is 5.91 Å². The second kappa shape index (κ2) is 5.08. The molecule has 2 aromatic heterocycles. The van der Waals surface area contributed by atoms with E-state index < -0.39 is 0 Å². The zero-order valence-corrected chi connectivity index (χ0v) is 11.5. The van der Waals surface area contributed by atoms with E-state index >= 15 is 0 Å². The molecule has 3 rings (SSSR count). The van der Waals surface area contributed by atoms with E-state index in [2.05, 4.69) is 20.0 Å². The van der Waals surface area contributed by atoms with Crippen molar-refractivity contribution in [3.8, 4) is 0 Å². The molecule has 1 fully saturated rings. The van der Waals surface area contributed by atoms with E-state index in [1.54, 1.807) is 6.07 Å². The van der Waals surface area contributed by atoms with E-state index in [0.29, 0.717) is 18.3 Å². The molecular weight excluding hydrogens is 262 g/mol. The highest BCUT2D eigenvalue weighted by Crippen LogP contribution is 2.30. The summed E-state index contributed by atoms with van der Waals surface area (Å²) in [6.07, 6.45) is 5.52. The smallest absolute Gasteiger partial charge is 0.271 e. The van der Waals surface area contributed by atoms with Crippen LogP contribution >= 0.6 is 11.5 Å². The van der Waals surface area contributed by atoms with Gasteiger partial charge in [-0.3, -0.25) is 4.79 Å². The van der Waals surface area contributed by atoms with Crippen LogP contribution in [0.4, 0.5) is 0 Å². The first kappa shape index (κ1) is 12.3. The summed E-state index contributed by atoms with van der Waals surface area (Å²) < 4.78 is 5.97. The molecule has 19 heavy (non-hydrogen) atoms. The lowest BCUT2D eigenvalue weighted by Crippen LogP contribution is -2.23. The van der Waals surface area contributed by atoms with Gasteiger partial charge in [-0.05, 0) is 43.8 Å². The SMILES string of the molecule is Cc1cc(C(=O)NCc2cn(C3CCC3)nn2)ns1. The Bertz CT molecular complexity index is 586. The number of hydrogen-bond donors (Lipinski definition) is 1. The van der Waals surface area contributed by atoms with Gasteiger partial charge in [0.1, 0.15) is 11.4 Å². The lowest BCUT2D eigenvalue weighted by atomic mass is 9.93. The van der Waals surface area contributed by atoms with Crippen LogP contribution in [0.25, 0.3) is 0 Å². The van der Waals surface area contributed by atoms with Crippen molar-refractivity contribution in [2.24, 2.45) is 0 Å². The third-order valence-corrected chi connectivity index (χ3v) is 3.99. The lowest BCUT2D eigenvalue weighted by molar-refractivity contribution is 0.0946. The molecule has 6 nitrogen and oxygen atoms in total. The first-order chi connectivity index (χ1) is 9.22. The molecule has 0 radical (unpaired) electrons. The summed E-state index contributed by atoms with van der Waals surface area (Å²) in [5.74, 6) is -0.164. The molecule has 1 saturated carbocycles. The second-order valence-electron chi connectivity index (χ2n) is 4.78. The standard InChI is InChI=1S/C12H15N5OS/c1-8-5-11(15-19-8)12(18)13-6-9-7-17(16-14-9)10-3-2-4-10/h5,7,10H,2-4,6H2,1H3,(H,13,18). The van der Waals surface area contributed by atoms with Crippen LogP contribution in [0.2, 0.25) is 0 Å². The van der Waals surface area contributed by atoms with Crippen LogP contribution in [0.1, 0.15) is 46.4 Å². The first-order valence-electron chi connectivity index (χ1n) is 6.34. The topological polar surface area (TPSA) is 72.7 Å². The quantitative estimate of drug-likeness (QED) is 0.923. The maximum atomic E-state index is 11.8. The molecule has 0 saturated heterocycles. The molecule has 1 amide bonds. The summed E-state index contributed by atoms with van der Waals surface area (Å²) in [7, 11) is 0. The van der Waals surface area contributed by atoms with E-state index in [9.17, 15) is 4.79 Å². The second-order valence-corrected chi connectivity index (χ2v) is 5.79. The molecule has 2 heterocycles. The molecule has 1 N–H and O–H groups in total. The Morgan fingerprint density at radius 1 is 1.58 bits per heavy atom. The molecule has 0 atom stereocenters. The Hall–Kier alpha value is -1.76. The highest BCUT2D eigenvalue weighted by Gasteiger charge is 2.20. The van der Waals surface area contributed by atoms with Gasteiger partial charge < -0.3 is 5.32 Å². The number of carbonyl (C=O) groups excluding carboxylic acids is 1. The minimum absolute atomic E-state index is 0.164. The van der Waals surface area contributed by atoms with Crippen molar-refractivity contribution < 1.29 is 4.79 Å². The molecule has 1 aliphatic rings. The highest BCUT2D eigenvalue weighted by molar-refractivity contribution is 7.05. The molecular formula is C12H15N5OS. The Morgan fingerprint density at radius 3 is 3.05 bits per heavy atom. The maximum absolute atomic E-state index is 11.8. The number of rotatable bonds is 4. The number of nitrogens with one attached hydrogen (secondary N) is 1. The van der Waals surface area contributed by atoms with Crippen molar-refractivity contribution >= 4 is 17.4 Å². The molecule has 0 bridgehead atoms. The summed E-state index contributed by atoms with van der Waals surface area (Å²) >= 11 is 1.33. The van der Waals surface area contributed by atoms with Gasteiger partial charge in [0.25, 0.3) is 5.91 Å². The van der Waals surface area contributed by atoms with Gasteiger partial charge in [0.15, 0.2) is 0 Å². The Labute approximate surface area is 115 Å². The van der Waals surface area contributed by atoms with Gasteiger partial charge in [-0.2, -0.15) is 4.37 Å². The Kier molecular flexibility index (Phi) is 3.29. The fourth-order valence-corrected chi connectivity index (χ4v) is 2.50.